The number of hydrogen-bond acceptors (Lipinski definition) is 9. The molecule has 0 aliphatic carbocycles. The highest BCUT2D eigenvalue weighted by molar-refractivity contribution is 9.10. The minimum absolute atomic E-state index is 0.235. The molecule has 1 fully saturated rings. The molecule has 1 saturated heterocycles. The van der Waals surface area contributed by atoms with Crippen molar-refractivity contribution in [2.75, 3.05) is 26.2 Å². The number of amidine groups is 1. The summed E-state index contributed by atoms with van der Waals surface area (Å²) in [6.07, 6.45) is 4.76. The van der Waals surface area contributed by atoms with Gasteiger partial charge in [-0.05, 0) is 24.6 Å². The molecule has 0 saturated carbocycles. The van der Waals surface area contributed by atoms with E-state index in [1.807, 2.05) is 5.38 Å². The number of rotatable bonds is 6. The number of nitrogens with zero attached hydrogens (tertiary/aromatic N) is 5. The molecular formula is C23H21BrFN5O3S. The number of esters is 1. The maximum absolute atomic E-state index is 13.9. The highest BCUT2D eigenvalue weighted by Crippen LogP contribution is 2.40. The first kappa shape index (κ1) is 22.9. The number of aliphatic imine (C=N–C) groups is 1. The van der Waals surface area contributed by atoms with Crippen molar-refractivity contribution in [3.63, 3.8) is 0 Å². The van der Waals surface area contributed by atoms with Gasteiger partial charge < -0.3 is 14.1 Å². The minimum atomic E-state index is -0.675. The summed E-state index contributed by atoms with van der Waals surface area (Å²) in [5.41, 5.74) is 2.74. The Morgan fingerprint density at radius 1 is 1.35 bits per heavy atom. The maximum atomic E-state index is 13.9. The number of benzene rings is 1. The van der Waals surface area contributed by atoms with Gasteiger partial charge in [-0.3, -0.25) is 9.89 Å². The first-order valence-electron chi connectivity index (χ1n) is 10.7. The van der Waals surface area contributed by atoms with Crippen molar-refractivity contribution in [2.24, 2.45) is 4.99 Å². The lowest BCUT2D eigenvalue weighted by Crippen LogP contribution is -2.50. The van der Waals surface area contributed by atoms with E-state index < -0.39 is 12.0 Å². The van der Waals surface area contributed by atoms with Gasteiger partial charge in [-0.15, -0.1) is 11.3 Å². The molecule has 2 aliphatic rings. The van der Waals surface area contributed by atoms with Gasteiger partial charge in [0.25, 0.3) is 0 Å². The molecule has 5 rings (SSSR count). The summed E-state index contributed by atoms with van der Waals surface area (Å²) in [7, 11) is 0. The summed E-state index contributed by atoms with van der Waals surface area (Å²) in [6.45, 7) is 4.43. The predicted molar refractivity (Wildman–Crippen MR) is 128 cm³/mol. The van der Waals surface area contributed by atoms with E-state index in [-0.39, 0.29) is 12.4 Å². The molecule has 176 valence electrons. The summed E-state index contributed by atoms with van der Waals surface area (Å²) in [6, 6.07) is 3.73. The fraction of sp³-hybridized carbons (Fsp3) is 0.304. The van der Waals surface area contributed by atoms with Crippen LogP contribution in [0.1, 0.15) is 29.2 Å². The standard InChI is InChI=1S/C23H21BrFN5O3S/c1-2-33-23(31)19-18-11-29(10-15-12-32-13-27-15)6-7-30(18)21(22-26-5-8-34-22)28-20(19)16-4-3-14(25)9-17(16)24/h3-5,8-9,12-13,20H,2,6-7,10-11H2,1H3. The Labute approximate surface area is 207 Å². The molecule has 2 aromatic heterocycles. The second-order valence-electron chi connectivity index (χ2n) is 7.78. The van der Waals surface area contributed by atoms with Crippen molar-refractivity contribution in [1.82, 2.24) is 19.8 Å². The second kappa shape index (κ2) is 9.77. The summed E-state index contributed by atoms with van der Waals surface area (Å²) < 4.78 is 25.0. The highest BCUT2D eigenvalue weighted by Gasteiger charge is 2.40. The molecule has 1 aromatic carbocycles. The van der Waals surface area contributed by atoms with Crippen molar-refractivity contribution in [3.8, 4) is 0 Å². The Kier molecular flexibility index (Phi) is 6.57. The molecule has 11 heteroatoms. The summed E-state index contributed by atoms with van der Waals surface area (Å²) in [4.78, 5) is 31.3. The third-order valence-corrected chi connectivity index (χ3v) is 7.13. The molecule has 1 unspecified atom stereocenters. The van der Waals surface area contributed by atoms with Crippen molar-refractivity contribution in [1.29, 1.82) is 0 Å². The number of hydrogen-bond donors (Lipinski definition) is 0. The number of thiazole rings is 1. The van der Waals surface area contributed by atoms with E-state index in [2.05, 4.69) is 35.7 Å². The molecule has 1 atom stereocenters. The molecule has 0 spiro atoms. The van der Waals surface area contributed by atoms with Crippen LogP contribution in [-0.4, -0.2) is 57.8 Å². The number of aromatic nitrogens is 2. The summed E-state index contributed by atoms with van der Waals surface area (Å²) in [5.74, 6) is -0.117. The lowest BCUT2D eigenvalue weighted by atomic mass is 9.93. The van der Waals surface area contributed by atoms with Crippen LogP contribution in [-0.2, 0) is 16.1 Å². The number of piperazine rings is 1. The van der Waals surface area contributed by atoms with Gasteiger partial charge >= 0.3 is 5.97 Å². The Hall–Kier alpha value is -2.89. The summed E-state index contributed by atoms with van der Waals surface area (Å²) in [5, 5.41) is 2.65. The lowest BCUT2D eigenvalue weighted by Gasteiger charge is -2.42. The van der Waals surface area contributed by atoms with Gasteiger partial charge in [0.15, 0.2) is 17.2 Å². The van der Waals surface area contributed by atoms with Gasteiger partial charge in [0.1, 0.15) is 18.1 Å². The van der Waals surface area contributed by atoms with E-state index in [1.165, 1.54) is 29.9 Å². The predicted octanol–water partition coefficient (Wildman–Crippen LogP) is 4.17. The van der Waals surface area contributed by atoms with Crippen LogP contribution in [0.15, 0.2) is 67.6 Å². The van der Waals surface area contributed by atoms with E-state index in [0.29, 0.717) is 41.1 Å². The van der Waals surface area contributed by atoms with E-state index in [1.54, 1.807) is 25.5 Å². The zero-order valence-corrected chi connectivity index (χ0v) is 20.7. The number of fused-ring (bicyclic) bond motifs is 1. The van der Waals surface area contributed by atoms with Crippen LogP contribution >= 0.6 is 27.3 Å². The van der Waals surface area contributed by atoms with Crippen molar-refractivity contribution < 1.29 is 18.3 Å². The number of carbonyl (C=O) groups excluding carboxylic acids is 1. The third kappa shape index (κ3) is 4.42. The fourth-order valence-corrected chi connectivity index (χ4v) is 5.41. The highest BCUT2D eigenvalue weighted by atomic mass is 79.9. The second-order valence-corrected chi connectivity index (χ2v) is 9.53. The smallest absolute Gasteiger partial charge is 0.338 e. The zero-order chi connectivity index (χ0) is 23.7. The van der Waals surface area contributed by atoms with Gasteiger partial charge in [0.2, 0.25) is 0 Å². The van der Waals surface area contributed by atoms with Crippen LogP contribution in [0.4, 0.5) is 4.39 Å². The topological polar surface area (TPSA) is 84.1 Å². The molecule has 0 amide bonds. The van der Waals surface area contributed by atoms with Crippen LogP contribution in [0.5, 0.6) is 0 Å². The third-order valence-electron chi connectivity index (χ3n) is 5.68. The first-order valence-corrected chi connectivity index (χ1v) is 12.4. The molecule has 0 bridgehead atoms. The number of ether oxygens (including phenoxy) is 1. The molecule has 0 N–H and O–H groups in total. The molecule has 0 radical (unpaired) electrons. The normalized spacial score (nSPS) is 18.6. The average molecular weight is 546 g/mol. The molecule has 4 heterocycles. The van der Waals surface area contributed by atoms with E-state index in [0.717, 1.165) is 22.9 Å². The Morgan fingerprint density at radius 2 is 2.24 bits per heavy atom. The van der Waals surface area contributed by atoms with E-state index >= 15 is 0 Å². The van der Waals surface area contributed by atoms with E-state index in [9.17, 15) is 9.18 Å². The molecule has 2 aliphatic heterocycles. The zero-order valence-electron chi connectivity index (χ0n) is 18.3. The van der Waals surface area contributed by atoms with Crippen LogP contribution in [0, 0.1) is 5.82 Å². The van der Waals surface area contributed by atoms with Gasteiger partial charge in [-0.1, -0.05) is 22.0 Å². The fourth-order valence-electron chi connectivity index (χ4n) is 4.20. The number of oxazole rings is 1. The Bertz CT molecular complexity index is 1250. The van der Waals surface area contributed by atoms with Crippen LogP contribution in [0.2, 0.25) is 0 Å². The number of halogens is 2. The van der Waals surface area contributed by atoms with Gasteiger partial charge in [0.05, 0.1) is 17.9 Å². The van der Waals surface area contributed by atoms with Gasteiger partial charge in [0, 0.05) is 47.9 Å². The molecular weight excluding hydrogens is 525 g/mol. The SMILES string of the molecule is CCOC(=O)C1=C2CN(Cc3cocn3)CCN2C(c2nccs2)=NC1c1ccc(F)cc1Br. The van der Waals surface area contributed by atoms with Crippen LogP contribution < -0.4 is 0 Å². The van der Waals surface area contributed by atoms with Gasteiger partial charge in [-0.2, -0.15) is 0 Å². The molecule has 34 heavy (non-hydrogen) atoms. The van der Waals surface area contributed by atoms with Gasteiger partial charge in [-0.25, -0.2) is 19.2 Å². The first-order chi connectivity index (χ1) is 16.5. The largest absolute Gasteiger partial charge is 0.463 e. The monoisotopic (exact) mass is 545 g/mol. The molecule has 3 aromatic rings. The maximum Gasteiger partial charge on any atom is 0.338 e. The Balaban J connectivity index is 1.63. The quantitative estimate of drug-likeness (QED) is 0.430. The Morgan fingerprint density at radius 3 is 2.94 bits per heavy atom. The minimum Gasteiger partial charge on any atom is -0.463 e. The molecule has 8 nitrogen and oxygen atoms in total. The number of carbonyl (C=O) groups is 1. The average Bonchev–Trinajstić information content (AvgIpc) is 3.53. The van der Waals surface area contributed by atoms with Crippen LogP contribution in [0.25, 0.3) is 0 Å². The van der Waals surface area contributed by atoms with Crippen LogP contribution in [0.3, 0.4) is 0 Å². The lowest BCUT2D eigenvalue weighted by molar-refractivity contribution is -0.139. The van der Waals surface area contributed by atoms with Crippen molar-refractivity contribution in [2.45, 2.75) is 19.5 Å². The van der Waals surface area contributed by atoms with Crippen molar-refractivity contribution >= 4 is 39.1 Å². The summed E-state index contributed by atoms with van der Waals surface area (Å²) >= 11 is 4.95. The van der Waals surface area contributed by atoms with Crippen molar-refractivity contribution in [3.05, 3.63) is 80.3 Å². The van der Waals surface area contributed by atoms with E-state index in [4.69, 9.17) is 14.1 Å².